The van der Waals surface area contributed by atoms with Gasteiger partial charge in [0.1, 0.15) is 5.58 Å². The maximum Gasteiger partial charge on any atom is 0.290 e. The van der Waals surface area contributed by atoms with Gasteiger partial charge < -0.3 is 14.2 Å². The van der Waals surface area contributed by atoms with Crippen molar-refractivity contribution >= 4 is 40.1 Å². The van der Waals surface area contributed by atoms with Crippen molar-refractivity contribution in [2.24, 2.45) is 0 Å². The molecule has 162 valence electrons. The van der Waals surface area contributed by atoms with Crippen LogP contribution >= 0.6 is 23.2 Å². The van der Waals surface area contributed by atoms with Crippen molar-refractivity contribution in [3.63, 3.8) is 0 Å². The summed E-state index contributed by atoms with van der Waals surface area (Å²) in [5.74, 6) is -0.178. The van der Waals surface area contributed by atoms with E-state index in [-0.39, 0.29) is 17.1 Å². The average Bonchev–Trinajstić information content (AvgIpc) is 3.03. The van der Waals surface area contributed by atoms with Crippen LogP contribution in [0.2, 0.25) is 10.0 Å². The Hall–Kier alpha value is -2.34. The fourth-order valence-corrected chi connectivity index (χ4v) is 4.55. The zero-order valence-corrected chi connectivity index (χ0v) is 19.3. The Morgan fingerprint density at radius 1 is 1.10 bits per heavy atom. The lowest BCUT2D eigenvalue weighted by atomic mass is 9.98. The maximum absolute atomic E-state index is 13.6. The van der Waals surface area contributed by atoms with E-state index in [9.17, 15) is 9.59 Å². The van der Waals surface area contributed by atoms with Crippen molar-refractivity contribution < 1.29 is 9.21 Å². The van der Waals surface area contributed by atoms with Gasteiger partial charge in [-0.15, -0.1) is 0 Å². The monoisotopic (exact) mass is 458 g/mol. The lowest BCUT2D eigenvalue weighted by Gasteiger charge is -2.28. The molecule has 0 fully saturated rings. The van der Waals surface area contributed by atoms with Crippen LogP contribution in [0.25, 0.3) is 11.0 Å². The number of carbonyl (C=O) groups is 1. The minimum absolute atomic E-state index is 0.101. The lowest BCUT2D eigenvalue weighted by Crippen LogP contribution is -2.37. The summed E-state index contributed by atoms with van der Waals surface area (Å²) in [6.07, 6.45) is 0. The van der Waals surface area contributed by atoms with Gasteiger partial charge in [-0.2, -0.15) is 0 Å². The molecular formula is C24H24Cl2N2O3. The molecule has 1 atom stereocenters. The first-order chi connectivity index (χ1) is 14.8. The molecule has 1 aliphatic heterocycles. The van der Waals surface area contributed by atoms with Gasteiger partial charge in [0.25, 0.3) is 5.91 Å². The predicted octanol–water partition coefficient (Wildman–Crippen LogP) is 5.30. The minimum Gasteiger partial charge on any atom is -0.450 e. The summed E-state index contributed by atoms with van der Waals surface area (Å²) >= 11 is 12.5. The highest BCUT2D eigenvalue weighted by Gasteiger charge is 2.42. The molecule has 0 N–H and O–H groups in total. The van der Waals surface area contributed by atoms with Crippen LogP contribution < -0.4 is 5.43 Å². The summed E-state index contributed by atoms with van der Waals surface area (Å²) in [6.45, 7) is 8.94. The van der Waals surface area contributed by atoms with Crippen LogP contribution in [0.3, 0.4) is 0 Å². The minimum atomic E-state index is -0.558. The molecule has 31 heavy (non-hydrogen) atoms. The smallest absolute Gasteiger partial charge is 0.290 e. The van der Waals surface area contributed by atoms with Crippen molar-refractivity contribution in [2.45, 2.75) is 26.8 Å². The first kappa shape index (κ1) is 21.9. The van der Waals surface area contributed by atoms with E-state index in [1.54, 1.807) is 29.2 Å². The molecule has 0 radical (unpaired) electrons. The summed E-state index contributed by atoms with van der Waals surface area (Å²) in [7, 11) is 0. The van der Waals surface area contributed by atoms with Crippen molar-refractivity contribution in [3.8, 4) is 0 Å². The number of fused-ring (bicyclic) bond motifs is 2. The van der Waals surface area contributed by atoms with Crippen molar-refractivity contribution in [3.05, 3.63) is 79.1 Å². The molecule has 0 saturated carbocycles. The first-order valence-corrected chi connectivity index (χ1v) is 11.2. The number of hydrogen-bond donors (Lipinski definition) is 0. The molecule has 0 spiro atoms. The molecule has 3 aromatic rings. The van der Waals surface area contributed by atoms with E-state index in [0.29, 0.717) is 39.7 Å². The van der Waals surface area contributed by atoms with Crippen LogP contribution in [0.15, 0.2) is 45.6 Å². The number of benzene rings is 2. The predicted molar refractivity (Wildman–Crippen MR) is 124 cm³/mol. The molecule has 1 unspecified atom stereocenters. The number of likely N-dealkylation sites (N-methyl/N-ethyl adjacent to an activating group) is 1. The summed E-state index contributed by atoms with van der Waals surface area (Å²) in [5, 5.41) is 1.41. The summed E-state index contributed by atoms with van der Waals surface area (Å²) in [5.41, 5.74) is 2.05. The second kappa shape index (κ2) is 8.65. The average molecular weight is 459 g/mol. The molecule has 7 heteroatoms. The SMILES string of the molecule is CCN(CC)CCN1C(=O)c2oc3cc(C)c(Cl)cc3c(=O)c2C1c1cccc(Cl)c1. The van der Waals surface area contributed by atoms with E-state index >= 15 is 0 Å². The first-order valence-electron chi connectivity index (χ1n) is 10.4. The number of aryl methyl sites for hydroxylation is 1. The molecule has 5 nitrogen and oxygen atoms in total. The number of hydrogen-bond acceptors (Lipinski definition) is 4. The third kappa shape index (κ3) is 3.86. The van der Waals surface area contributed by atoms with Crippen molar-refractivity contribution in [2.75, 3.05) is 26.2 Å². The highest BCUT2D eigenvalue weighted by atomic mass is 35.5. The Morgan fingerprint density at radius 2 is 1.84 bits per heavy atom. The molecule has 2 heterocycles. The molecule has 0 aliphatic carbocycles. The van der Waals surface area contributed by atoms with E-state index in [0.717, 1.165) is 24.2 Å². The number of amides is 1. The fraction of sp³-hybridized carbons (Fsp3) is 0.333. The van der Waals surface area contributed by atoms with E-state index in [1.165, 1.54) is 0 Å². The molecule has 1 amide bonds. The van der Waals surface area contributed by atoms with Crippen molar-refractivity contribution in [1.29, 1.82) is 0 Å². The quantitative estimate of drug-likeness (QED) is 0.503. The summed E-state index contributed by atoms with van der Waals surface area (Å²) < 4.78 is 6.01. The van der Waals surface area contributed by atoms with E-state index in [4.69, 9.17) is 27.6 Å². The number of nitrogens with zero attached hydrogens (tertiary/aromatic N) is 2. The number of halogens is 2. The maximum atomic E-state index is 13.6. The van der Waals surface area contributed by atoms with Gasteiger partial charge in [0.05, 0.1) is 17.0 Å². The van der Waals surface area contributed by atoms with Gasteiger partial charge in [0.2, 0.25) is 5.76 Å². The van der Waals surface area contributed by atoms with Crippen LogP contribution in [-0.2, 0) is 0 Å². The van der Waals surface area contributed by atoms with Gasteiger partial charge >= 0.3 is 0 Å². The van der Waals surface area contributed by atoms with E-state index < -0.39 is 6.04 Å². The Labute approximate surface area is 191 Å². The Bertz CT molecular complexity index is 1220. The molecule has 0 bridgehead atoms. The number of carbonyl (C=O) groups excluding carboxylic acids is 1. The molecule has 0 saturated heterocycles. The van der Waals surface area contributed by atoms with Crippen LogP contribution in [0.1, 0.15) is 47.1 Å². The molecule has 4 rings (SSSR count). The lowest BCUT2D eigenvalue weighted by molar-refractivity contribution is 0.0708. The molecule has 1 aromatic heterocycles. The van der Waals surface area contributed by atoms with Gasteiger partial charge in [0, 0.05) is 23.1 Å². The largest absolute Gasteiger partial charge is 0.450 e. The van der Waals surface area contributed by atoms with Gasteiger partial charge in [-0.3, -0.25) is 9.59 Å². The third-order valence-electron chi connectivity index (χ3n) is 5.96. The molecular weight excluding hydrogens is 435 g/mol. The normalized spacial score (nSPS) is 15.9. The zero-order chi connectivity index (χ0) is 22.3. The van der Waals surface area contributed by atoms with Crippen LogP contribution in [-0.4, -0.2) is 41.9 Å². The zero-order valence-electron chi connectivity index (χ0n) is 17.7. The van der Waals surface area contributed by atoms with Gasteiger partial charge in [-0.1, -0.05) is 49.2 Å². The summed E-state index contributed by atoms with van der Waals surface area (Å²) in [4.78, 5) is 30.9. The highest BCUT2D eigenvalue weighted by molar-refractivity contribution is 6.32. The Balaban J connectivity index is 1.90. The van der Waals surface area contributed by atoms with E-state index in [1.807, 2.05) is 19.1 Å². The second-order valence-corrected chi connectivity index (χ2v) is 8.60. The van der Waals surface area contributed by atoms with Gasteiger partial charge in [0.15, 0.2) is 5.43 Å². The third-order valence-corrected chi connectivity index (χ3v) is 6.61. The summed E-state index contributed by atoms with van der Waals surface area (Å²) in [6, 6.07) is 10.0. The highest BCUT2D eigenvalue weighted by Crippen LogP contribution is 2.39. The van der Waals surface area contributed by atoms with Crippen LogP contribution in [0, 0.1) is 6.92 Å². The molecule has 2 aromatic carbocycles. The Morgan fingerprint density at radius 3 is 2.52 bits per heavy atom. The van der Waals surface area contributed by atoms with Crippen LogP contribution in [0.5, 0.6) is 0 Å². The van der Waals surface area contributed by atoms with E-state index in [2.05, 4.69) is 18.7 Å². The van der Waals surface area contributed by atoms with Gasteiger partial charge in [-0.05, 0) is 55.4 Å². The standard InChI is InChI=1S/C24H24Cl2N2O3/c1-4-27(5-2)9-10-28-21(15-7-6-8-16(25)12-15)20-22(29)17-13-18(26)14(3)11-19(17)31-23(20)24(28)30/h6-8,11-13,21H,4-5,9-10H2,1-3H3. The topological polar surface area (TPSA) is 53.8 Å². The van der Waals surface area contributed by atoms with Gasteiger partial charge in [-0.25, -0.2) is 0 Å². The van der Waals surface area contributed by atoms with Crippen molar-refractivity contribution in [1.82, 2.24) is 9.80 Å². The van der Waals surface area contributed by atoms with Crippen LogP contribution in [0.4, 0.5) is 0 Å². The Kier molecular flexibility index (Phi) is 6.11. The molecule has 1 aliphatic rings. The second-order valence-electron chi connectivity index (χ2n) is 7.75. The fourth-order valence-electron chi connectivity index (χ4n) is 4.18. The number of rotatable bonds is 6.